The number of hydrogen-bond donors (Lipinski definition) is 1. The van der Waals surface area contributed by atoms with Crippen LogP contribution in [-0.2, 0) is 10.0 Å². The molecule has 0 aliphatic carbocycles. The summed E-state index contributed by atoms with van der Waals surface area (Å²) in [6.45, 7) is 1.89. The van der Waals surface area contributed by atoms with E-state index in [9.17, 15) is 8.42 Å². The molecular formula is C14H14Cl2N4O2S. The van der Waals surface area contributed by atoms with Crippen molar-refractivity contribution in [2.45, 2.75) is 17.7 Å². The number of anilines is 2. The van der Waals surface area contributed by atoms with Crippen molar-refractivity contribution in [1.82, 2.24) is 10.2 Å². The second-order valence-corrected chi connectivity index (χ2v) is 7.65. The lowest BCUT2D eigenvalue weighted by molar-refractivity contribution is 0.601. The Hall–Kier alpha value is -1.57. The van der Waals surface area contributed by atoms with Crippen molar-refractivity contribution in [3.05, 3.63) is 40.4 Å². The monoisotopic (exact) mass is 372 g/mol. The van der Waals surface area contributed by atoms with Gasteiger partial charge in [-0.3, -0.25) is 4.72 Å². The fourth-order valence-corrected chi connectivity index (χ4v) is 3.72. The molecule has 1 aromatic carbocycles. The number of nitrogens with one attached hydrogen (secondary N) is 1. The Bertz CT molecular complexity index is 806. The molecule has 0 atom stereocenters. The number of nitrogens with zero attached hydrogens (tertiary/aromatic N) is 3. The zero-order chi connectivity index (χ0) is 16.4. The number of hydrogen-bond acceptors (Lipinski definition) is 5. The van der Waals surface area contributed by atoms with Crippen LogP contribution < -0.4 is 9.62 Å². The van der Waals surface area contributed by atoms with Gasteiger partial charge >= 0.3 is 0 Å². The molecule has 0 amide bonds. The number of aromatic nitrogens is 2. The van der Waals surface area contributed by atoms with E-state index in [1.165, 1.54) is 18.2 Å². The minimum atomic E-state index is -3.79. The molecule has 2 heterocycles. The highest BCUT2D eigenvalue weighted by Gasteiger charge is 2.18. The summed E-state index contributed by atoms with van der Waals surface area (Å²) in [5, 5.41) is 8.47. The Morgan fingerprint density at radius 2 is 1.74 bits per heavy atom. The third-order valence-corrected chi connectivity index (χ3v) is 5.61. The van der Waals surface area contributed by atoms with Gasteiger partial charge in [0.1, 0.15) is 0 Å². The highest BCUT2D eigenvalue weighted by Crippen LogP contribution is 2.26. The van der Waals surface area contributed by atoms with E-state index in [-0.39, 0.29) is 15.7 Å². The summed E-state index contributed by atoms with van der Waals surface area (Å²) in [6, 6.07) is 7.45. The minimum absolute atomic E-state index is 0.0114. The number of sulfonamides is 1. The fourth-order valence-electron chi connectivity index (χ4n) is 2.34. The summed E-state index contributed by atoms with van der Waals surface area (Å²) in [6.07, 6.45) is 2.26. The molecule has 1 N–H and O–H groups in total. The van der Waals surface area contributed by atoms with E-state index in [4.69, 9.17) is 23.2 Å². The van der Waals surface area contributed by atoms with Crippen LogP contribution in [0.25, 0.3) is 0 Å². The molecule has 1 aromatic heterocycles. The van der Waals surface area contributed by atoms with E-state index in [1.807, 2.05) is 0 Å². The zero-order valence-corrected chi connectivity index (χ0v) is 14.4. The lowest BCUT2D eigenvalue weighted by Crippen LogP contribution is -2.20. The van der Waals surface area contributed by atoms with Gasteiger partial charge in [-0.25, -0.2) is 8.42 Å². The van der Waals surface area contributed by atoms with Gasteiger partial charge in [-0.15, -0.1) is 10.2 Å². The number of halogens is 2. The van der Waals surface area contributed by atoms with Gasteiger partial charge in [0.05, 0.1) is 14.9 Å². The lowest BCUT2D eigenvalue weighted by atomic mass is 10.4. The van der Waals surface area contributed by atoms with Crippen LogP contribution in [0.15, 0.2) is 35.2 Å². The maximum Gasteiger partial charge on any atom is 0.263 e. The molecule has 2 aromatic rings. The van der Waals surface area contributed by atoms with Gasteiger partial charge in [0.15, 0.2) is 11.6 Å². The van der Waals surface area contributed by atoms with Crippen LogP contribution in [0.3, 0.4) is 0 Å². The molecule has 1 fully saturated rings. The minimum Gasteiger partial charge on any atom is -0.355 e. The summed E-state index contributed by atoms with van der Waals surface area (Å²) < 4.78 is 27.0. The van der Waals surface area contributed by atoms with Gasteiger partial charge in [-0.1, -0.05) is 23.2 Å². The molecule has 0 radical (unpaired) electrons. The first-order valence-electron chi connectivity index (χ1n) is 7.02. The molecule has 23 heavy (non-hydrogen) atoms. The summed E-state index contributed by atoms with van der Waals surface area (Å²) in [5.41, 5.74) is 0. The molecule has 9 heteroatoms. The first kappa shape index (κ1) is 16.3. The highest BCUT2D eigenvalue weighted by atomic mass is 35.5. The average Bonchev–Trinajstić information content (AvgIpc) is 3.04. The number of rotatable bonds is 4. The third-order valence-electron chi connectivity index (χ3n) is 3.52. The Kier molecular flexibility index (Phi) is 4.61. The SMILES string of the molecule is O=S(=O)(Nc1ccc(N2CCCC2)nn1)c1ccc(Cl)c(Cl)c1. The van der Waals surface area contributed by atoms with E-state index in [2.05, 4.69) is 19.8 Å². The molecule has 0 unspecified atom stereocenters. The van der Waals surface area contributed by atoms with Gasteiger partial charge in [0.25, 0.3) is 10.0 Å². The van der Waals surface area contributed by atoms with Crippen LogP contribution in [0.1, 0.15) is 12.8 Å². The second-order valence-electron chi connectivity index (χ2n) is 5.15. The molecule has 6 nitrogen and oxygen atoms in total. The van der Waals surface area contributed by atoms with E-state index in [0.29, 0.717) is 5.02 Å². The summed E-state index contributed by atoms with van der Waals surface area (Å²) in [5.74, 6) is 0.902. The van der Waals surface area contributed by atoms with Crippen molar-refractivity contribution < 1.29 is 8.42 Å². The normalized spacial score (nSPS) is 15.0. The van der Waals surface area contributed by atoms with Crippen LogP contribution >= 0.6 is 23.2 Å². The molecule has 3 rings (SSSR count). The summed E-state index contributed by atoms with van der Waals surface area (Å²) in [7, 11) is -3.79. The van der Waals surface area contributed by atoms with Crippen LogP contribution in [0, 0.1) is 0 Å². The molecule has 122 valence electrons. The molecule has 1 aliphatic heterocycles. The standard InChI is InChI=1S/C14H14Cl2N4O2S/c15-11-4-3-10(9-12(11)16)23(21,22)19-13-5-6-14(18-17-13)20-7-1-2-8-20/h3-6,9H,1-2,7-8H2,(H,17,19). The van der Waals surface area contributed by atoms with Crippen LogP contribution in [0.4, 0.5) is 11.6 Å². The topological polar surface area (TPSA) is 75.2 Å². The first-order chi connectivity index (χ1) is 11.0. The van der Waals surface area contributed by atoms with Crippen molar-refractivity contribution in [1.29, 1.82) is 0 Å². The smallest absolute Gasteiger partial charge is 0.263 e. The summed E-state index contributed by atoms with van der Waals surface area (Å²) in [4.78, 5) is 2.13. The first-order valence-corrected chi connectivity index (χ1v) is 9.26. The fraction of sp³-hybridized carbons (Fsp3) is 0.286. The molecule has 1 saturated heterocycles. The van der Waals surface area contributed by atoms with Gasteiger partial charge in [-0.05, 0) is 43.2 Å². The van der Waals surface area contributed by atoms with Gasteiger partial charge in [0.2, 0.25) is 0 Å². The molecular weight excluding hydrogens is 359 g/mol. The molecule has 0 spiro atoms. The van der Waals surface area contributed by atoms with Crippen LogP contribution in [-0.4, -0.2) is 31.7 Å². The van der Waals surface area contributed by atoms with E-state index in [1.54, 1.807) is 12.1 Å². The van der Waals surface area contributed by atoms with Crippen molar-refractivity contribution in [2.75, 3.05) is 22.7 Å². The van der Waals surface area contributed by atoms with Gasteiger partial charge in [-0.2, -0.15) is 0 Å². The Morgan fingerprint density at radius 3 is 2.35 bits per heavy atom. The highest BCUT2D eigenvalue weighted by molar-refractivity contribution is 7.92. The van der Waals surface area contributed by atoms with E-state index >= 15 is 0 Å². The zero-order valence-electron chi connectivity index (χ0n) is 12.0. The predicted octanol–water partition coefficient (Wildman–Crippen LogP) is 3.18. The Balaban J connectivity index is 1.78. The quantitative estimate of drug-likeness (QED) is 0.891. The number of benzene rings is 1. The Labute approximate surface area is 144 Å². The van der Waals surface area contributed by atoms with E-state index in [0.717, 1.165) is 31.7 Å². The van der Waals surface area contributed by atoms with Crippen molar-refractivity contribution in [3.63, 3.8) is 0 Å². The van der Waals surface area contributed by atoms with Crippen molar-refractivity contribution in [3.8, 4) is 0 Å². The third kappa shape index (κ3) is 3.68. The summed E-state index contributed by atoms with van der Waals surface area (Å²) >= 11 is 11.7. The maximum absolute atomic E-state index is 12.3. The van der Waals surface area contributed by atoms with E-state index < -0.39 is 10.0 Å². The maximum atomic E-state index is 12.3. The van der Waals surface area contributed by atoms with Gasteiger partial charge in [0, 0.05) is 13.1 Å². The average molecular weight is 373 g/mol. The largest absolute Gasteiger partial charge is 0.355 e. The molecule has 1 aliphatic rings. The Morgan fingerprint density at radius 1 is 1.00 bits per heavy atom. The van der Waals surface area contributed by atoms with Crippen LogP contribution in [0.2, 0.25) is 10.0 Å². The lowest BCUT2D eigenvalue weighted by Gasteiger charge is -2.15. The van der Waals surface area contributed by atoms with Crippen LogP contribution in [0.5, 0.6) is 0 Å². The van der Waals surface area contributed by atoms with Gasteiger partial charge < -0.3 is 4.90 Å². The van der Waals surface area contributed by atoms with Crippen molar-refractivity contribution >= 4 is 44.9 Å². The second kappa shape index (κ2) is 6.51. The molecule has 0 saturated carbocycles. The molecule has 0 bridgehead atoms. The predicted molar refractivity (Wildman–Crippen MR) is 90.7 cm³/mol. The van der Waals surface area contributed by atoms with Crippen molar-refractivity contribution in [2.24, 2.45) is 0 Å².